The molecule has 0 aromatic heterocycles. The summed E-state index contributed by atoms with van der Waals surface area (Å²) in [6, 6.07) is 10.5. The minimum atomic E-state index is -0.911. The van der Waals surface area contributed by atoms with Crippen LogP contribution in [0.25, 0.3) is 0 Å². The summed E-state index contributed by atoms with van der Waals surface area (Å²) < 4.78 is 0. The van der Waals surface area contributed by atoms with Crippen LogP contribution in [0.5, 0.6) is 0 Å². The van der Waals surface area contributed by atoms with E-state index in [0.29, 0.717) is 0 Å². The summed E-state index contributed by atoms with van der Waals surface area (Å²) in [6.45, 7) is 2.88. The van der Waals surface area contributed by atoms with E-state index in [1.165, 1.54) is 5.56 Å². The van der Waals surface area contributed by atoms with Crippen LogP contribution in [0.1, 0.15) is 18.4 Å². The summed E-state index contributed by atoms with van der Waals surface area (Å²) in [5, 5.41) is 11.2. The van der Waals surface area contributed by atoms with Gasteiger partial charge >= 0.3 is 6.09 Å². The van der Waals surface area contributed by atoms with E-state index in [0.717, 1.165) is 32.5 Å². The largest absolute Gasteiger partial charge is 0.465 e. The highest BCUT2D eigenvalue weighted by molar-refractivity contribution is 5.64. The molecular formula is C13H18N2O2. The Morgan fingerprint density at radius 1 is 1.29 bits per heavy atom. The quantitative estimate of drug-likeness (QED) is 0.840. The predicted molar refractivity (Wildman–Crippen MR) is 65.9 cm³/mol. The molecule has 1 aromatic carbocycles. The van der Waals surface area contributed by atoms with Crippen LogP contribution in [-0.4, -0.2) is 35.2 Å². The Bertz CT molecular complexity index is 359. The smallest absolute Gasteiger partial charge is 0.404 e. The standard InChI is InChI=1S/C13H18N2O2/c16-13(17)14-12-6-8-15(9-7-12)10-11-4-2-1-3-5-11/h1-5,12,14H,6-10H2,(H,16,17). The zero-order chi connectivity index (χ0) is 12.1. The second kappa shape index (κ2) is 5.68. The van der Waals surface area contributed by atoms with Crippen molar-refractivity contribution in [1.82, 2.24) is 10.2 Å². The van der Waals surface area contributed by atoms with Crippen molar-refractivity contribution in [2.45, 2.75) is 25.4 Å². The highest BCUT2D eigenvalue weighted by Crippen LogP contribution is 2.13. The lowest BCUT2D eigenvalue weighted by atomic mass is 10.0. The number of nitrogens with one attached hydrogen (secondary N) is 1. The van der Waals surface area contributed by atoms with Gasteiger partial charge in [0.2, 0.25) is 0 Å². The second-order valence-electron chi connectivity index (χ2n) is 4.49. The molecule has 1 aliphatic rings. The van der Waals surface area contributed by atoms with Gasteiger partial charge in [0.25, 0.3) is 0 Å². The summed E-state index contributed by atoms with van der Waals surface area (Å²) in [7, 11) is 0. The van der Waals surface area contributed by atoms with Crippen molar-refractivity contribution in [3.05, 3.63) is 35.9 Å². The van der Waals surface area contributed by atoms with Gasteiger partial charge in [-0.25, -0.2) is 4.79 Å². The Balaban J connectivity index is 1.78. The van der Waals surface area contributed by atoms with Gasteiger partial charge in [0, 0.05) is 25.7 Å². The monoisotopic (exact) mass is 234 g/mol. The van der Waals surface area contributed by atoms with E-state index in [-0.39, 0.29) is 6.04 Å². The van der Waals surface area contributed by atoms with Crippen LogP contribution >= 0.6 is 0 Å². The molecule has 1 aromatic rings. The van der Waals surface area contributed by atoms with Crippen molar-refractivity contribution in [3.63, 3.8) is 0 Å². The molecule has 0 unspecified atom stereocenters. The van der Waals surface area contributed by atoms with Crippen LogP contribution in [-0.2, 0) is 6.54 Å². The number of benzene rings is 1. The first-order valence-corrected chi connectivity index (χ1v) is 6.00. The molecule has 2 rings (SSSR count). The molecule has 0 bridgehead atoms. The summed E-state index contributed by atoms with van der Waals surface area (Å²) in [5.41, 5.74) is 1.32. The Kier molecular flexibility index (Phi) is 3.98. The fourth-order valence-electron chi connectivity index (χ4n) is 2.25. The molecule has 0 spiro atoms. The van der Waals surface area contributed by atoms with Crippen LogP contribution in [0, 0.1) is 0 Å². The number of piperidine rings is 1. The number of rotatable bonds is 3. The summed E-state index contributed by atoms with van der Waals surface area (Å²) in [6.07, 6.45) is 0.893. The van der Waals surface area contributed by atoms with E-state index >= 15 is 0 Å². The van der Waals surface area contributed by atoms with Gasteiger partial charge in [0.15, 0.2) is 0 Å². The molecule has 0 saturated carbocycles. The van der Waals surface area contributed by atoms with Crippen LogP contribution < -0.4 is 5.32 Å². The fourth-order valence-corrected chi connectivity index (χ4v) is 2.25. The Morgan fingerprint density at radius 2 is 1.94 bits per heavy atom. The number of hydrogen-bond donors (Lipinski definition) is 2. The lowest BCUT2D eigenvalue weighted by Crippen LogP contribution is -2.43. The molecule has 1 amide bonds. The third-order valence-corrected chi connectivity index (χ3v) is 3.16. The van der Waals surface area contributed by atoms with Gasteiger partial charge in [-0.05, 0) is 18.4 Å². The molecule has 92 valence electrons. The van der Waals surface area contributed by atoms with Crippen molar-refractivity contribution < 1.29 is 9.90 Å². The molecule has 0 aliphatic carbocycles. The van der Waals surface area contributed by atoms with Crippen molar-refractivity contribution in [2.75, 3.05) is 13.1 Å². The first-order valence-electron chi connectivity index (χ1n) is 6.00. The number of hydrogen-bond acceptors (Lipinski definition) is 2. The average Bonchev–Trinajstić information content (AvgIpc) is 2.32. The molecule has 0 atom stereocenters. The number of carboxylic acid groups (broad SMARTS) is 1. The maximum absolute atomic E-state index is 10.5. The van der Waals surface area contributed by atoms with Gasteiger partial charge in [0.1, 0.15) is 0 Å². The van der Waals surface area contributed by atoms with Crippen molar-refractivity contribution in [2.24, 2.45) is 0 Å². The van der Waals surface area contributed by atoms with Crippen molar-refractivity contribution >= 4 is 6.09 Å². The molecule has 1 saturated heterocycles. The third-order valence-electron chi connectivity index (χ3n) is 3.16. The molecule has 0 radical (unpaired) electrons. The summed E-state index contributed by atoms with van der Waals surface area (Å²) in [5.74, 6) is 0. The highest BCUT2D eigenvalue weighted by Gasteiger charge is 2.20. The van der Waals surface area contributed by atoms with E-state index in [2.05, 4.69) is 22.3 Å². The number of amides is 1. The normalized spacial score (nSPS) is 17.9. The molecule has 1 heterocycles. The zero-order valence-corrected chi connectivity index (χ0v) is 9.80. The summed E-state index contributed by atoms with van der Waals surface area (Å²) in [4.78, 5) is 12.9. The van der Waals surface area contributed by atoms with Gasteiger partial charge in [0.05, 0.1) is 0 Å². The minimum absolute atomic E-state index is 0.125. The van der Waals surface area contributed by atoms with Crippen molar-refractivity contribution in [3.8, 4) is 0 Å². The van der Waals surface area contributed by atoms with Crippen LogP contribution in [0.15, 0.2) is 30.3 Å². The van der Waals surface area contributed by atoms with Crippen LogP contribution in [0.3, 0.4) is 0 Å². The Morgan fingerprint density at radius 3 is 2.53 bits per heavy atom. The summed E-state index contributed by atoms with van der Waals surface area (Å²) >= 11 is 0. The SMILES string of the molecule is O=C(O)NC1CCN(Cc2ccccc2)CC1. The molecule has 2 N–H and O–H groups in total. The fraction of sp³-hybridized carbons (Fsp3) is 0.462. The van der Waals surface area contributed by atoms with Crippen molar-refractivity contribution in [1.29, 1.82) is 0 Å². The Labute approximate surface area is 101 Å². The molecule has 1 aliphatic heterocycles. The topological polar surface area (TPSA) is 52.6 Å². The number of likely N-dealkylation sites (tertiary alicyclic amines) is 1. The molecule has 17 heavy (non-hydrogen) atoms. The average molecular weight is 234 g/mol. The molecule has 4 heteroatoms. The highest BCUT2D eigenvalue weighted by atomic mass is 16.4. The van der Waals surface area contributed by atoms with E-state index in [1.807, 2.05) is 18.2 Å². The molecule has 1 fully saturated rings. The van der Waals surface area contributed by atoms with Gasteiger partial charge < -0.3 is 10.4 Å². The third kappa shape index (κ3) is 3.75. The first-order chi connectivity index (χ1) is 8.24. The van der Waals surface area contributed by atoms with Gasteiger partial charge in [-0.15, -0.1) is 0 Å². The lowest BCUT2D eigenvalue weighted by Gasteiger charge is -2.31. The molecule has 4 nitrogen and oxygen atoms in total. The van der Waals surface area contributed by atoms with Gasteiger partial charge in [-0.3, -0.25) is 4.90 Å². The van der Waals surface area contributed by atoms with E-state index in [1.54, 1.807) is 0 Å². The zero-order valence-electron chi connectivity index (χ0n) is 9.80. The minimum Gasteiger partial charge on any atom is -0.465 e. The first kappa shape index (κ1) is 11.9. The van der Waals surface area contributed by atoms with E-state index < -0.39 is 6.09 Å². The van der Waals surface area contributed by atoms with E-state index in [4.69, 9.17) is 5.11 Å². The predicted octanol–water partition coefficient (Wildman–Crippen LogP) is 1.92. The number of carbonyl (C=O) groups is 1. The Hall–Kier alpha value is -1.55. The molecular weight excluding hydrogens is 216 g/mol. The van der Waals surface area contributed by atoms with E-state index in [9.17, 15) is 4.79 Å². The van der Waals surface area contributed by atoms with Crippen LogP contribution in [0.4, 0.5) is 4.79 Å². The second-order valence-corrected chi connectivity index (χ2v) is 4.49. The maximum atomic E-state index is 10.5. The van der Waals surface area contributed by atoms with Crippen LogP contribution in [0.2, 0.25) is 0 Å². The lowest BCUT2D eigenvalue weighted by molar-refractivity contribution is 0.165. The number of nitrogens with zero attached hydrogens (tertiary/aromatic N) is 1. The van der Waals surface area contributed by atoms with Gasteiger partial charge in [-0.2, -0.15) is 0 Å². The van der Waals surface area contributed by atoms with Gasteiger partial charge in [-0.1, -0.05) is 30.3 Å². The maximum Gasteiger partial charge on any atom is 0.404 e.